The van der Waals surface area contributed by atoms with E-state index in [9.17, 15) is 0 Å². The number of ether oxygens (including phenoxy) is 1. The molecule has 0 amide bonds. The summed E-state index contributed by atoms with van der Waals surface area (Å²) < 4.78 is 5.87. The Hall–Kier alpha value is -0.490. The van der Waals surface area contributed by atoms with Crippen molar-refractivity contribution in [3.05, 3.63) is 16.1 Å². The van der Waals surface area contributed by atoms with Crippen LogP contribution in [0.2, 0.25) is 0 Å². The zero-order valence-electron chi connectivity index (χ0n) is 13.2. The van der Waals surface area contributed by atoms with Crippen molar-refractivity contribution in [2.75, 3.05) is 19.7 Å². The Bertz CT molecular complexity index is 439. The lowest BCUT2D eigenvalue weighted by Gasteiger charge is -2.42. The molecule has 0 radical (unpaired) electrons. The molecule has 0 aromatic carbocycles. The van der Waals surface area contributed by atoms with Gasteiger partial charge in [0.25, 0.3) is 0 Å². The second-order valence-electron chi connectivity index (χ2n) is 6.75. The highest BCUT2D eigenvalue weighted by molar-refractivity contribution is 7.09. The highest BCUT2D eigenvalue weighted by Crippen LogP contribution is 2.34. The third kappa shape index (κ3) is 3.22. The van der Waals surface area contributed by atoms with Crippen molar-refractivity contribution in [2.24, 2.45) is 5.73 Å². The van der Waals surface area contributed by atoms with E-state index in [-0.39, 0.29) is 17.6 Å². The van der Waals surface area contributed by atoms with E-state index in [2.05, 4.69) is 44.9 Å². The van der Waals surface area contributed by atoms with Gasteiger partial charge in [-0.1, -0.05) is 20.8 Å². The molecule has 4 nitrogen and oxygen atoms in total. The lowest BCUT2D eigenvalue weighted by molar-refractivity contribution is -0.0801. The van der Waals surface area contributed by atoms with E-state index < -0.39 is 0 Å². The third-order valence-corrected chi connectivity index (χ3v) is 5.04. The first-order valence-electron chi connectivity index (χ1n) is 7.38. The van der Waals surface area contributed by atoms with Crippen LogP contribution >= 0.6 is 11.3 Å². The largest absolute Gasteiger partial charge is 0.374 e. The zero-order chi connectivity index (χ0) is 14.9. The molecule has 1 aliphatic rings. The van der Waals surface area contributed by atoms with E-state index in [0.717, 1.165) is 18.8 Å². The van der Waals surface area contributed by atoms with Crippen LogP contribution in [-0.4, -0.2) is 41.7 Å². The number of rotatable bonds is 3. The molecule has 1 aromatic rings. The van der Waals surface area contributed by atoms with Crippen LogP contribution in [0.3, 0.4) is 0 Å². The summed E-state index contributed by atoms with van der Waals surface area (Å²) in [6, 6.07) is 0.652. The number of nitrogens with two attached hydrogens (primary N) is 1. The van der Waals surface area contributed by atoms with E-state index in [1.165, 1.54) is 5.01 Å². The number of aromatic nitrogens is 1. The van der Waals surface area contributed by atoms with Crippen LogP contribution < -0.4 is 5.73 Å². The first-order chi connectivity index (χ1) is 9.34. The average Bonchev–Trinajstić information content (AvgIpc) is 2.86. The van der Waals surface area contributed by atoms with Gasteiger partial charge in [0.2, 0.25) is 0 Å². The molecule has 1 saturated heterocycles. The fourth-order valence-electron chi connectivity index (χ4n) is 2.66. The van der Waals surface area contributed by atoms with E-state index in [1.807, 2.05) is 0 Å². The van der Waals surface area contributed by atoms with Crippen LogP contribution in [0.4, 0.5) is 0 Å². The molecule has 1 aliphatic heterocycles. The molecule has 20 heavy (non-hydrogen) atoms. The zero-order valence-corrected chi connectivity index (χ0v) is 14.0. The van der Waals surface area contributed by atoms with Crippen molar-refractivity contribution < 1.29 is 4.74 Å². The molecule has 0 bridgehead atoms. The SMILES string of the molecule is CC(C)N1CCOC(CN)C1c1csc(C(C)(C)C)n1. The summed E-state index contributed by atoms with van der Waals surface area (Å²) >= 11 is 1.74. The second kappa shape index (κ2) is 6.10. The molecular weight excluding hydrogens is 270 g/mol. The summed E-state index contributed by atoms with van der Waals surface area (Å²) in [6.45, 7) is 13.3. The first kappa shape index (κ1) is 15.9. The third-order valence-electron chi connectivity index (χ3n) is 3.75. The molecule has 2 N–H and O–H groups in total. The van der Waals surface area contributed by atoms with Crippen LogP contribution in [0.1, 0.15) is 51.4 Å². The Balaban J connectivity index is 2.31. The Morgan fingerprint density at radius 1 is 1.50 bits per heavy atom. The van der Waals surface area contributed by atoms with Crippen molar-refractivity contribution in [1.82, 2.24) is 9.88 Å². The predicted octanol–water partition coefficient (Wildman–Crippen LogP) is 2.55. The van der Waals surface area contributed by atoms with Gasteiger partial charge in [-0.15, -0.1) is 11.3 Å². The second-order valence-corrected chi connectivity index (χ2v) is 7.61. The standard InChI is InChI=1S/C15H27N3OS/c1-10(2)18-6-7-19-12(8-16)13(18)11-9-20-14(17-11)15(3,4)5/h9-10,12-13H,6-8,16H2,1-5H3. The first-order valence-corrected chi connectivity index (χ1v) is 8.26. The maximum absolute atomic E-state index is 5.91. The number of thiazole rings is 1. The summed E-state index contributed by atoms with van der Waals surface area (Å²) in [5, 5.41) is 3.36. The van der Waals surface area contributed by atoms with Gasteiger partial charge in [0.15, 0.2) is 0 Å². The molecule has 0 saturated carbocycles. The molecule has 1 aromatic heterocycles. The summed E-state index contributed by atoms with van der Waals surface area (Å²) in [5.74, 6) is 0. The van der Waals surface area contributed by atoms with Gasteiger partial charge >= 0.3 is 0 Å². The number of nitrogens with zero attached hydrogens (tertiary/aromatic N) is 2. The topological polar surface area (TPSA) is 51.4 Å². The minimum absolute atomic E-state index is 0.0427. The molecule has 2 atom stereocenters. The lowest BCUT2D eigenvalue weighted by atomic mass is 9.97. The van der Waals surface area contributed by atoms with Crippen LogP contribution in [0.5, 0.6) is 0 Å². The normalized spacial score (nSPS) is 25.4. The molecule has 0 spiro atoms. The van der Waals surface area contributed by atoms with Crippen molar-refractivity contribution >= 4 is 11.3 Å². The summed E-state index contributed by atoms with van der Waals surface area (Å²) in [5.41, 5.74) is 7.12. The van der Waals surface area contributed by atoms with Gasteiger partial charge in [-0.05, 0) is 13.8 Å². The Morgan fingerprint density at radius 3 is 2.70 bits per heavy atom. The average molecular weight is 297 g/mol. The quantitative estimate of drug-likeness (QED) is 0.931. The van der Waals surface area contributed by atoms with Crippen LogP contribution in [0, 0.1) is 0 Å². The van der Waals surface area contributed by atoms with Gasteiger partial charge in [0, 0.05) is 29.9 Å². The van der Waals surface area contributed by atoms with Gasteiger partial charge in [0.05, 0.1) is 29.5 Å². The molecule has 5 heteroatoms. The Labute approximate surface area is 126 Å². The predicted molar refractivity (Wildman–Crippen MR) is 84.2 cm³/mol. The van der Waals surface area contributed by atoms with Gasteiger partial charge in [-0.25, -0.2) is 4.98 Å². The van der Waals surface area contributed by atoms with Gasteiger partial charge in [0.1, 0.15) is 0 Å². The van der Waals surface area contributed by atoms with Crippen molar-refractivity contribution in [3.8, 4) is 0 Å². The monoisotopic (exact) mass is 297 g/mol. The molecule has 114 valence electrons. The highest BCUT2D eigenvalue weighted by atomic mass is 32.1. The minimum atomic E-state index is 0.0427. The van der Waals surface area contributed by atoms with Crippen molar-refractivity contribution in [3.63, 3.8) is 0 Å². The Morgan fingerprint density at radius 2 is 2.20 bits per heavy atom. The fraction of sp³-hybridized carbons (Fsp3) is 0.800. The molecule has 2 heterocycles. The summed E-state index contributed by atoms with van der Waals surface area (Å²) in [6.07, 6.45) is 0.0427. The lowest BCUT2D eigenvalue weighted by Crippen LogP contribution is -2.50. The minimum Gasteiger partial charge on any atom is -0.374 e. The van der Waals surface area contributed by atoms with Crippen LogP contribution in [0.25, 0.3) is 0 Å². The maximum atomic E-state index is 5.91. The Kier molecular flexibility index (Phi) is 4.84. The van der Waals surface area contributed by atoms with Gasteiger partial charge < -0.3 is 10.5 Å². The summed E-state index contributed by atoms with van der Waals surface area (Å²) in [7, 11) is 0. The van der Waals surface area contributed by atoms with E-state index in [4.69, 9.17) is 15.5 Å². The smallest absolute Gasteiger partial charge is 0.0982 e. The van der Waals surface area contributed by atoms with Gasteiger partial charge in [-0.2, -0.15) is 0 Å². The maximum Gasteiger partial charge on any atom is 0.0982 e. The molecule has 0 aliphatic carbocycles. The summed E-state index contributed by atoms with van der Waals surface area (Å²) in [4.78, 5) is 7.34. The van der Waals surface area contributed by atoms with E-state index >= 15 is 0 Å². The van der Waals surface area contributed by atoms with Crippen molar-refractivity contribution in [2.45, 2.75) is 58.2 Å². The van der Waals surface area contributed by atoms with Crippen LogP contribution in [0.15, 0.2) is 5.38 Å². The number of hydrogen-bond donors (Lipinski definition) is 1. The fourth-order valence-corrected chi connectivity index (χ4v) is 3.59. The van der Waals surface area contributed by atoms with Crippen molar-refractivity contribution in [1.29, 1.82) is 0 Å². The van der Waals surface area contributed by atoms with Gasteiger partial charge in [-0.3, -0.25) is 4.90 Å². The molecule has 2 unspecified atom stereocenters. The van der Waals surface area contributed by atoms with E-state index in [1.54, 1.807) is 11.3 Å². The van der Waals surface area contributed by atoms with E-state index in [0.29, 0.717) is 12.6 Å². The number of hydrogen-bond acceptors (Lipinski definition) is 5. The molecule has 1 fully saturated rings. The number of morpholine rings is 1. The highest BCUT2D eigenvalue weighted by Gasteiger charge is 2.36. The molecule has 2 rings (SSSR count). The molecular formula is C15H27N3OS. The van der Waals surface area contributed by atoms with Crippen LogP contribution in [-0.2, 0) is 10.2 Å².